The van der Waals surface area contributed by atoms with Gasteiger partial charge in [-0.3, -0.25) is 14.9 Å². The minimum absolute atomic E-state index is 0.192. The lowest BCUT2D eigenvalue weighted by atomic mass is 10.1. The van der Waals surface area contributed by atoms with Crippen molar-refractivity contribution >= 4 is 22.9 Å². The van der Waals surface area contributed by atoms with Crippen LogP contribution in [-0.4, -0.2) is 15.8 Å². The summed E-state index contributed by atoms with van der Waals surface area (Å²) in [5, 5.41) is 14.2. The molecule has 0 aliphatic heterocycles. The Morgan fingerprint density at radius 3 is 2.90 bits per heavy atom. The third-order valence-corrected chi connectivity index (χ3v) is 3.40. The molecule has 1 N–H and O–H groups in total. The lowest BCUT2D eigenvalue weighted by Crippen LogP contribution is -2.23. The number of carbonyl (C=O) groups is 1. The molecule has 20 heavy (non-hydrogen) atoms. The molecule has 0 saturated heterocycles. The van der Waals surface area contributed by atoms with Gasteiger partial charge in [0.05, 0.1) is 16.5 Å². The van der Waals surface area contributed by atoms with Gasteiger partial charge in [-0.1, -0.05) is 0 Å². The highest BCUT2D eigenvalue weighted by atomic mass is 32.1. The van der Waals surface area contributed by atoms with Gasteiger partial charge in [-0.25, -0.2) is 9.37 Å². The summed E-state index contributed by atoms with van der Waals surface area (Å²) < 4.78 is 13.1. The molecular formula is C12H10FN3O3S. The number of nitro groups is 1. The molecule has 0 saturated carbocycles. The lowest BCUT2D eigenvalue weighted by molar-refractivity contribution is -0.385. The van der Waals surface area contributed by atoms with Crippen LogP contribution in [-0.2, 0) is 6.54 Å². The lowest BCUT2D eigenvalue weighted by Gasteiger charge is -2.04. The van der Waals surface area contributed by atoms with Gasteiger partial charge in [0.2, 0.25) is 0 Å². The van der Waals surface area contributed by atoms with E-state index in [9.17, 15) is 19.3 Å². The molecule has 8 heteroatoms. The number of amides is 1. The zero-order valence-electron chi connectivity index (χ0n) is 10.4. The molecule has 104 valence electrons. The van der Waals surface area contributed by atoms with Gasteiger partial charge >= 0.3 is 0 Å². The number of nitrogens with one attached hydrogen (secondary N) is 1. The second kappa shape index (κ2) is 5.74. The van der Waals surface area contributed by atoms with Crippen LogP contribution in [0.2, 0.25) is 0 Å². The second-order valence-electron chi connectivity index (χ2n) is 3.95. The Morgan fingerprint density at radius 2 is 2.30 bits per heavy atom. The zero-order chi connectivity index (χ0) is 14.7. The fourth-order valence-electron chi connectivity index (χ4n) is 1.60. The van der Waals surface area contributed by atoms with Gasteiger partial charge in [0.25, 0.3) is 11.6 Å². The Labute approximate surface area is 117 Å². The van der Waals surface area contributed by atoms with Crippen molar-refractivity contribution in [1.29, 1.82) is 0 Å². The van der Waals surface area contributed by atoms with Gasteiger partial charge in [0.1, 0.15) is 11.4 Å². The Hall–Kier alpha value is -2.35. The van der Waals surface area contributed by atoms with E-state index in [2.05, 4.69) is 10.3 Å². The number of nitro benzene ring substituents is 1. The van der Waals surface area contributed by atoms with E-state index >= 15 is 0 Å². The molecule has 0 atom stereocenters. The molecule has 0 spiro atoms. The van der Waals surface area contributed by atoms with Gasteiger partial charge in [-0.05, 0) is 19.1 Å². The van der Waals surface area contributed by atoms with Crippen molar-refractivity contribution in [3.8, 4) is 0 Å². The predicted molar refractivity (Wildman–Crippen MR) is 71.1 cm³/mol. The molecule has 6 nitrogen and oxygen atoms in total. The van der Waals surface area contributed by atoms with Crippen LogP contribution < -0.4 is 5.32 Å². The number of carbonyl (C=O) groups excluding carboxylic acids is 1. The Kier molecular flexibility index (Phi) is 4.04. The molecule has 0 radical (unpaired) electrons. The second-order valence-corrected chi connectivity index (χ2v) is 5.27. The number of halogens is 1. The van der Waals surface area contributed by atoms with Crippen molar-refractivity contribution in [1.82, 2.24) is 10.3 Å². The smallest absolute Gasteiger partial charge is 0.282 e. The van der Waals surface area contributed by atoms with Crippen molar-refractivity contribution in [3.05, 3.63) is 55.8 Å². The monoisotopic (exact) mass is 295 g/mol. The van der Waals surface area contributed by atoms with Gasteiger partial charge in [-0.2, -0.15) is 0 Å². The van der Waals surface area contributed by atoms with Crippen LogP contribution >= 0.6 is 11.3 Å². The average Bonchev–Trinajstić information content (AvgIpc) is 2.81. The Bertz CT molecular complexity index is 672. The van der Waals surface area contributed by atoms with Gasteiger partial charge in [0, 0.05) is 17.1 Å². The van der Waals surface area contributed by atoms with Crippen LogP contribution in [0, 0.1) is 22.9 Å². The average molecular weight is 295 g/mol. The van der Waals surface area contributed by atoms with E-state index in [1.807, 2.05) is 6.92 Å². The van der Waals surface area contributed by atoms with E-state index in [4.69, 9.17) is 0 Å². The number of benzene rings is 1. The highest BCUT2D eigenvalue weighted by Crippen LogP contribution is 2.19. The Balaban J connectivity index is 2.16. The first-order valence-electron chi connectivity index (χ1n) is 5.61. The Morgan fingerprint density at radius 1 is 1.55 bits per heavy atom. The van der Waals surface area contributed by atoms with E-state index in [1.165, 1.54) is 11.3 Å². The highest BCUT2D eigenvalue weighted by Gasteiger charge is 2.20. The van der Waals surface area contributed by atoms with Gasteiger partial charge < -0.3 is 5.32 Å². The van der Waals surface area contributed by atoms with E-state index in [0.717, 1.165) is 28.1 Å². The van der Waals surface area contributed by atoms with Crippen LogP contribution in [0.4, 0.5) is 10.1 Å². The SMILES string of the molecule is Cc1ncc(CNC(=O)c2cc(F)ccc2[N+](=O)[O-])s1. The zero-order valence-corrected chi connectivity index (χ0v) is 11.2. The maximum atomic E-state index is 13.1. The summed E-state index contributed by atoms with van der Waals surface area (Å²) >= 11 is 1.40. The van der Waals surface area contributed by atoms with E-state index in [-0.39, 0.29) is 12.1 Å². The van der Waals surface area contributed by atoms with Crippen molar-refractivity contribution in [2.75, 3.05) is 0 Å². The predicted octanol–water partition coefficient (Wildman–Crippen LogP) is 2.43. The summed E-state index contributed by atoms with van der Waals surface area (Å²) in [6, 6.07) is 2.77. The standard InChI is InChI=1S/C12H10FN3O3S/c1-7-14-5-9(20-7)6-15-12(17)10-4-8(13)2-3-11(10)16(18)19/h2-5H,6H2,1H3,(H,15,17). The number of hydrogen-bond acceptors (Lipinski definition) is 5. The molecule has 2 rings (SSSR count). The molecule has 1 aromatic carbocycles. The quantitative estimate of drug-likeness (QED) is 0.693. The topological polar surface area (TPSA) is 85.1 Å². The van der Waals surface area contributed by atoms with Crippen molar-refractivity contribution in [2.45, 2.75) is 13.5 Å². The van der Waals surface area contributed by atoms with E-state index < -0.39 is 22.3 Å². The molecule has 0 bridgehead atoms. The molecule has 1 amide bonds. The molecule has 0 aliphatic rings. The molecule has 2 aromatic rings. The molecule has 0 aliphatic carbocycles. The van der Waals surface area contributed by atoms with Crippen LogP contribution in [0.5, 0.6) is 0 Å². The van der Waals surface area contributed by atoms with E-state index in [0.29, 0.717) is 0 Å². The number of nitrogens with zero attached hydrogens (tertiary/aromatic N) is 2. The van der Waals surface area contributed by atoms with Gasteiger partial charge in [-0.15, -0.1) is 11.3 Å². The summed E-state index contributed by atoms with van der Waals surface area (Å²) in [5.74, 6) is -1.39. The first kappa shape index (κ1) is 14.1. The number of aromatic nitrogens is 1. The maximum absolute atomic E-state index is 13.1. The fourth-order valence-corrected chi connectivity index (χ4v) is 2.33. The van der Waals surface area contributed by atoms with Crippen molar-refractivity contribution < 1.29 is 14.1 Å². The molecule has 1 aromatic heterocycles. The summed E-state index contributed by atoms with van der Waals surface area (Å²) in [6.07, 6.45) is 1.61. The van der Waals surface area contributed by atoms with E-state index in [1.54, 1.807) is 6.20 Å². The molecule has 0 unspecified atom stereocenters. The number of rotatable bonds is 4. The third-order valence-electron chi connectivity index (χ3n) is 2.49. The van der Waals surface area contributed by atoms with Crippen molar-refractivity contribution in [2.24, 2.45) is 0 Å². The summed E-state index contributed by atoms with van der Waals surface area (Å²) in [4.78, 5) is 26.8. The number of hydrogen-bond donors (Lipinski definition) is 1. The van der Waals surface area contributed by atoms with Gasteiger partial charge in [0.15, 0.2) is 0 Å². The van der Waals surface area contributed by atoms with Crippen LogP contribution in [0.1, 0.15) is 20.2 Å². The molecule has 1 heterocycles. The highest BCUT2D eigenvalue weighted by molar-refractivity contribution is 7.11. The third kappa shape index (κ3) is 3.15. The molecule has 0 fully saturated rings. The maximum Gasteiger partial charge on any atom is 0.282 e. The summed E-state index contributed by atoms with van der Waals surface area (Å²) in [7, 11) is 0. The first-order valence-corrected chi connectivity index (χ1v) is 6.42. The van der Waals surface area contributed by atoms with Crippen LogP contribution in [0.3, 0.4) is 0 Å². The van der Waals surface area contributed by atoms with Crippen molar-refractivity contribution in [3.63, 3.8) is 0 Å². The van der Waals surface area contributed by atoms with Crippen LogP contribution in [0.15, 0.2) is 24.4 Å². The largest absolute Gasteiger partial charge is 0.347 e. The summed E-state index contributed by atoms with van der Waals surface area (Å²) in [6.45, 7) is 2.02. The number of aryl methyl sites for hydroxylation is 1. The molecular weight excluding hydrogens is 285 g/mol. The summed E-state index contributed by atoms with van der Waals surface area (Å²) in [5.41, 5.74) is -0.722. The minimum Gasteiger partial charge on any atom is -0.347 e. The minimum atomic E-state index is -0.717. The normalized spacial score (nSPS) is 10.3. The van der Waals surface area contributed by atoms with Crippen LogP contribution in [0.25, 0.3) is 0 Å². The number of thiazole rings is 1. The first-order chi connectivity index (χ1) is 9.47. The fraction of sp³-hybridized carbons (Fsp3) is 0.167.